The van der Waals surface area contributed by atoms with E-state index in [1.807, 2.05) is 6.07 Å². The van der Waals surface area contributed by atoms with Crippen molar-refractivity contribution in [1.82, 2.24) is 9.73 Å². The van der Waals surface area contributed by atoms with Crippen molar-refractivity contribution in [2.24, 2.45) is 5.10 Å². The second kappa shape index (κ2) is 12.7. The van der Waals surface area contributed by atoms with E-state index in [-0.39, 0.29) is 28.7 Å². The number of phenols is 1. The van der Waals surface area contributed by atoms with Crippen LogP contribution in [0.3, 0.4) is 0 Å². The van der Waals surface area contributed by atoms with E-state index in [0.29, 0.717) is 23.5 Å². The first-order valence-electron chi connectivity index (χ1n) is 11.3. The van der Waals surface area contributed by atoms with Crippen LogP contribution in [0.1, 0.15) is 18.1 Å². The number of para-hydroxylation sites is 1. The third-order valence-electron chi connectivity index (χ3n) is 5.24. The van der Waals surface area contributed by atoms with Crippen LogP contribution in [0.4, 0.5) is 0 Å². The number of carbonyl (C=O) groups is 1. The summed E-state index contributed by atoms with van der Waals surface area (Å²) in [5, 5.41) is 14.1. The molecule has 3 aromatic carbocycles. The highest BCUT2D eigenvalue weighted by Gasteiger charge is 2.28. The lowest BCUT2D eigenvalue weighted by atomic mass is 10.2. The van der Waals surface area contributed by atoms with E-state index in [2.05, 4.69) is 10.5 Å². The second-order valence-electron chi connectivity index (χ2n) is 7.70. The number of hydrazone groups is 1. The molecule has 37 heavy (non-hydrogen) atoms. The number of ether oxygens (including phenoxy) is 3. The summed E-state index contributed by atoms with van der Waals surface area (Å²) in [7, 11) is -1.26. The number of methoxy groups -OCH3 is 2. The van der Waals surface area contributed by atoms with Gasteiger partial charge in [0, 0.05) is 18.2 Å². The maximum Gasteiger partial charge on any atom is 0.255 e. The Balaban J connectivity index is 1.83. The number of hydrogen-bond acceptors (Lipinski definition) is 8. The number of benzene rings is 3. The normalized spacial score (nSPS) is 11.5. The molecule has 0 atom stereocenters. The predicted octanol–water partition coefficient (Wildman–Crippen LogP) is 3.15. The van der Waals surface area contributed by atoms with Crippen molar-refractivity contribution >= 4 is 22.1 Å². The highest BCUT2D eigenvalue weighted by molar-refractivity contribution is 7.89. The van der Waals surface area contributed by atoms with E-state index in [1.54, 1.807) is 49.4 Å². The van der Waals surface area contributed by atoms with Crippen molar-refractivity contribution < 1.29 is 32.5 Å². The Bertz CT molecular complexity index is 1350. The molecular formula is C26H29N3O7S. The van der Waals surface area contributed by atoms with Gasteiger partial charge in [0.1, 0.15) is 0 Å². The number of amides is 1. The molecule has 0 aliphatic carbocycles. The molecule has 3 aromatic rings. The van der Waals surface area contributed by atoms with Crippen molar-refractivity contribution in [3.8, 4) is 23.0 Å². The summed E-state index contributed by atoms with van der Waals surface area (Å²) in [5.74, 6) is 0.111. The van der Waals surface area contributed by atoms with E-state index in [9.17, 15) is 18.3 Å². The lowest BCUT2D eigenvalue weighted by molar-refractivity contribution is -0.121. The van der Waals surface area contributed by atoms with Gasteiger partial charge in [-0.2, -0.15) is 9.41 Å². The molecule has 0 radical (unpaired) electrons. The Hall–Kier alpha value is -4.09. The maximum absolute atomic E-state index is 13.5. The quantitative estimate of drug-likeness (QED) is 0.274. The average Bonchev–Trinajstić information content (AvgIpc) is 2.90. The molecule has 11 heteroatoms. The molecule has 0 saturated carbocycles. The fourth-order valence-corrected chi connectivity index (χ4v) is 4.82. The van der Waals surface area contributed by atoms with Gasteiger partial charge in [0.25, 0.3) is 5.91 Å². The smallest absolute Gasteiger partial charge is 0.255 e. The van der Waals surface area contributed by atoms with Gasteiger partial charge in [0.15, 0.2) is 23.0 Å². The van der Waals surface area contributed by atoms with E-state index in [1.165, 1.54) is 38.6 Å². The number of rotatable bonds is 12. The van der Waals surface area contributed by atoms with Crippen LogP contribution in [-0.2, 0) is 21.4 Å². The molecule has 0 aliphatic rings. The van der Waals surface area contributed by atoms with Crippen LogP contribution in [0.2, 0.25) is 0 Å². The number of carbonyl (C=O) groups excluding carboxylic acids is 1. The summed E-state index contributed by atoms with van der Waals surface area (Å²) in [6.07, 6.45) is 1.25. The third kappa shape index (κ3) is 6.99. The fourth-order valence-electron chi connectivity index (χ4n) is 3.42. The summed E-state index contributed by atoms with van der Waals surface area (Å²) in [5.41, 5.74) is 3.34. The Kier molecular flexibility index (Phi) is 9.47. The van der Waals surface area contributed by atoms with Gasteiger partial charge in [-0.05, 0) is 36.8 Å². The lowest BCUT2D eigenvalue weighted by Crippen LogP contribution is -2.39. The standard InChI is InChI=1S/C26H29N3O7S/c1-4-36-23-12-8-11-20(26(23)31)16-27-28-25(30)18-29(17-19-9-6-5-7-10-19)37(32,33)21-13-14-22(34-2)24(15-21)35-3/h5-16,31H,4,17-18H2,1-3H3,(H,28,30)/b27-16-. The number of phenolic OH excluding ortho intramolecular Hbond substituents is 1. The molecule has 0 aromatic heterocycles. The van der Waals surface area contributed by atoms with Crippen molar-refractivity contribution in [2.75, 3.05) is 27.4 Å². The SMILES string of the molecule is CCOc1cccc(/C=N\NC(=O)CN(Cc2ccccc2)S(=O)(=O)c2ccc(OC)c(OC)c2)c1O. The van der Waals surface area contributed by atoms with Crippen LogP contribution in [0.5, 0.6) is 23.0 Å². The summed E-state index contributed by atoms with van der Waals surface area (Å²) in [6.45, 7) is 1.61. The Labute approximate surface area is 216 Å². The van der Waals surface area contributed by atoms with Crippen LogP contribution in [0.25, 0.3) is 0 Å². The Morgan fingerprint density at radius 1 is 1.00 bits per heavy atom. The molecule has 0 heterocycles. The fraction of sp³-hybridized carbons (Fsp3) is 0.231. The van der Waals surface area contributed by atoms with Gasteiger partial charge < -0.3 is 19.3 Å². The predicted molar refractivity (Wildman–Crippen MR) is 139 cm³/mol. The van der Waals surface area contributed by atoms with Crippen LogP contribution >= 0.6 is 0 Å². The van der Waals surface area contributed by atoms with Gasteiger partial charge in [-0.15, -0.1) is 0 Å². The van der Waals surface area contributed by atoms with E-state index in [4.69, 9.17) is 14.2 Å². The zero-order valence-corrected chi connectivity index (χ0v) is 21.6. The molecule has 3 rings (SSSR count). The highest BCUT2D eigenvalue weighted by Crippen LogP contribution is 2.31. The Morgan fingerprint density at radius 3 is 2.41 bits per heavy atom. The number of hydrogen-bond donors (Lipinski definition) is 2. The van der Waals surface area contributed by atoms with Crippen LogP contribution in [0.15, 0.2) is 76.7 Å². The minimum absolute atomic E-state index is 0.0498. The van der Waals surface area contributed by atoms with Crippen molar-refractivity contribution in [1.29, 1.82) is 0 Å². The summed E-state index contributed by atoms with van der Waals surface area (Å²) in [4.78, 5) is 12.7. The number of nitrogens with one attached hydrogen (secondary N) is 1. The summed E-state index contributed by atoms with van der Waals surface area (Å²) in [6, 6.07) is 18.0. The third-order valence-corrected chi connectivity index (χ3v) is 7.03. The summed E-state index contributed by atoms with van der Waals surface area (Å²) >= 11 is 0. The molecule has 0 saturated heterocycles. The van der Waals surface area contributed by atoms with Crippen LogP contribution < -0.4 is 19.6 Å². The minimum atomic E-state index is -4.12. The largest absolute Gasteiger partial charge is 0.504 e. The lowest BCUT2D eigenvalue weighted by Gasteiger charge is -2.22. The minimum Gasteiger partial charge on any atom is -0.504 e. The van der Waals surface area contributed by atoms with Gasteiger partial charge in [-0.1, -0.05) is 36.4 Å². The van der Waals surface area contributed by atoms with Crippen molar-refractivity contribution in [3.05, 3.63) is 77.9 Å². The number of aromatic hydroxyl groups is 1. The molecule has 0 bridgehead atoms. The van der Waals surface area contributed by atoms with Gasteiger partial charge in [-0.25, -0.2) is 13.8 Å². The molecule has 2 N–H and O–H groups in total. The molecular weight excluding hydrogens is 498 g/mol. The van der Waals surface area contributed by atoms with E-state index in [0.717, 1.165) is 4.31 Å². The first kappa shape index (κ1) is 27.5. The molecule has 0 aliphatic heterocycles. The maximum atomic E-state index is 13.5. The molecule has 10 nitrogen and oxygen atoms in total. The molecule has 0 fully saturated rings. The van der Waals surface area contributed by atoms with Gasteiger partial charge in [0.05, 0.1) is 38.5 Å². The topological polar surface area (TPSA) is 127 Å². The Morgan fingerprint density at radius 2 is 1.73 bits per heavy atom. The van der Waals surface area contributed by atoms with E-state index < -0.39 is 22.5 Å². The molecule has 0 spiro atoms. The molecule has 1 amide bonds. The first-order chi connectivity index (χ1) is 17.8. The van der Waals surface area contributed by atoms with Crippen LogP contribution in [-0.4, -0.2) is 57.3 Å². The van der Waals surface area contributed by atoms with Crippen molar-refractivity contribution in [2.45, 2.75) is 18.4 Å². The van der Waals surface area contributed by atoms with Crippen LogP contribution in [0, 0.1) is 0 Å². The van der Waals surface area contributed by atoms with Gasteiger partial charge in [-0.3, -0.25) is 4.79 Å². The zero-order chi connectivity index (χ0) is 26.8. The first-order valence-corrected chi connectivity index (χ1v) is 12.8. The zero-order valence-electron chi connectivity index (χ0n) is 20.7. The second-order valence-corrected chi connectivity index (χ2v) is 9.63. The average molecular weight is 528 g/mol. The highest BCUT2D eigenvalue weighted by atomic mass is 32.2. The summed E-state index contributed by atoms with van der Waals surface area (Å²) < 4.78 is 43.9. The number of sulfonamides is 1. The number of nitrogens with zero attached hydrogens (tertiary/aromatic N) is 2. The molecule has 0 unspecified atom stereocenters. The molecule has 196 valence electrons. The van der Waals surface area contributed by atoms with Gasteiger partial charge >= 0.3 is 0 Å². The van der Waals surface area contributed by atoms with E-state index >= 15 is 0 Å². The van der Waals surface area contributed by atoms with Crippen molar-refractivity contribution in [3.63, 3.8) is 0 Å². The van der Waals surface area contributed by atoms with Gasteiger partial charge in [0.2, 0.25) is 10.0 Å². The monoisotopic (exact) mass is 527 g/mol.